The number of ether oxygens (including phenoxy) is 1. The molecule has 3 rings (SSSR count). The molecular formula is C14H18N2O4S. The predicted octanol–water partition coefficient (Wildman–Crippen LogP) is 0.550. The van der Waals surface area contributed by atoms with Gasteiger partial charge in [-0.25, -0.2) is 13.6 Å². The van der Waals surface area contributed by atoms with Crippen LogP contribution in [-0.2, 0) is 14.8 Å². The van der Waals surface area contributed by atoms with Gasteiger partial charge in [-0.2, -0.15) is 0 Å². The molecule has 7 heteroatoms. The second kappa shape index (κ2) is 5.08. The molecule has 3 atom stereocenters. The van der Waals surface area contributed by atoms with E-state index in [1.54, 1.807) is 13.0 Å². The number of amides is 1. The largest absolute Gasteiger partial charge is 0.378 e. The van der Waals surface area contributed by atoms with Gasteiger partial charge in [0.25, 0.3) is 5.91 Å². The third-order valence-corrected chi connectivity index (χ3v) is 5.27. The molecule has 3 N–H and O–H groups in total. The van der Waals surface area contributed by atoms with Gasteiger partial charge in [-0.05, 0) is 37.5 Å². The highest BCUT2D eigenvalue weighted by molar-refractivity contribution is 7.89. The van der Waals surface area contributed by atoms with E-state index in [1.807, 2.05) is 0 Å². The molecule has 0 spiro atoms. The zero-order chi connectivity index (χ0) is 15.2. The Morgan fingerprint density at radius 2 is 2.19 bits per heavy atom. The monoisotopic (exact) mass is 310 g/mol. The van der Waals surface area contributed by atoms with Crippen molar-refractivity contribution in [3.63, 3.8) is 0 Å². The normalized spacial score (nSPS) is 27.8. The summed E-state index contributed by atoms with van der Waals surface area (Å²) in [5.41, 5.74) is 1.07. The molecule has 1 saturated heterocycles. The molecule has 0 unspecified atom stereocenters. The summed E-state index contributed by atoms with van der Waals surface area (Å²) < 4.78 is 28.3. The number of sulfonamides is 1. The van der Waals surface area contributed by atoms with Gasteiger partial charge in [-0.3, -0.25) is 4.79 Å². The minimum Gasteiger partial charge on any atom is -0.378 e. The van der Waals surface area contributed by atoms with Crippen LogP contribution in [-0.4, -0.2) is 33.1 Å². The summed E-state index contributed by atoms with van der Waals surface area (Å²) in [6, 6.07) is 4.45. The van der Waals surface area contributed by atoms with Crippen LogP contribution in [0.3, 0.4) is 0 Å². The van der Waals surface area contributed by atoms with E-state index in [9.17, 15) is 13.2 Å². The molecule has 6 nitrogen and oxygen atoms in total. The number of hydrogen-bond acceptors (Lipinski definition) is 4. The highest BCUT2D eigenvalue weighted by atomic mass is 32.2. The Morgan fingerprint density at radius 3 is 2.86 bits per heavy atom. The van der Waals surface area contributed by atoms with Crippen molar-refractivity contribution < 1.29 is 17.9 Å². The average molecular weight is 310 g/mol. The zero-order valence-electron chi connectivity index (χ0n) is 11.7. The molecule has 1 aromatic rings. The fourth-order valence-electron chi connectivity index (χ4n) is 3.03. The van der Waals surface area contributed by atoms with Gasteiger partial charge in [0, 0.05) is 24.1 Å². The van der Waals surface area contributed by atoms with Crippen molar-refractivity contribution in [3.05, 3.63) is 29.3 Å². The van der Waals surface area contributed by atoms with Crippen LogP contribution < -0.4 is 10.5 Å². The molecule has 1 amide bonds. The second-order valence-corrected chi connectivity index (χ2v) is 7.26. The van der Waals surface area contributed by atoms with Gasteiger partial charge in [0.15, 0.2) is 0 Å². The summed E-state index contributed by atoms with van der Waals surface area (Å²) in [4.78, 5) is 12.3. The van der Waals surface area contributed by atoms with E-state index in [2.05, 4.69) is 5.32 Å². The number of nitrogens with one attached hydrogen (secondary N) is 1. The summed E-state index contributed by atoms with van der Waals surface area (Å²) in [6.45, 7) is 2.52. The Balaban J connectivity index is 1.78. The molecule has 1 aromatic carbocycles. The maximum absolute atomic E-state index is 12.3. The standard InChI is InChI=1S/C14H18N2O4S/c1-8-2-3-9(21(15,18)19)6-11(8)14(17)16-12-7-13-10(12)4-5-20-13/h2-3,6,10,12-13H,4-5,7H2,1H3,(H,16,17)(H2,15,18,19)/t10-,12+,13+/m0/s1. The van der Waals surface area contributed by atoms with E-state index in [0.717, 1.165) is 25.0 Å². The summed E-state index contributed by atoms with van der Waals surface area (Å²) >= 11 is 0. The summed E-state index contributed by atoms with van der Waals surface area (Å²) in [5, 5.41) is 8.08. The van der Waals surface area contributed by atoms with E-state index < -0.39 is 10.0 Å². The first-order chi connectivity index (χ1) is 9.86. The number of carbonyl (C=O) groups excluding carboxylic acids is 1. The maximum atomic E-state index is 12.3. The van der Waals surface area contributed by atoms with Gasteiger partial charge in [-0.15, -0.1) is 0 Å². The lowest BCUT2D eigenvalue weighted by molar-refractivity contribution is 0.00809. The van der Waals surface area contributed by atoms with E-state index >= 15 is 0 Å². The topological polar surface area (TPSA) is 98.5 Å². The van der Waals surface area contributed by atoms with Gasteiger partial charge in [0.2, 0.25) is 10.0 Å². The van der Waals surface area contributed by atoms with Crippen molar-refractivity contribution >= 4 is 15.9 Å². The van der Waals surface area contributed by atoms with Crippen LogP contribution in [0.1, 0.15) is 28.8 Å². The molecule has 1 aliphatic heterocycles. The molecule has 1 saturated carbocycles. The van der Waals surface area contributed by atoms with Crippen molar-refractivity contribution in [2.24, 2.45) is 11.1 Å². The van der Waals surface area contributed by atoms with Gasteiger partial charge in [0.05, 0.1) is 11.0 Å². The molecule has 0 radical (unpaired) electrons. The number of hydrogen-bond donors (Lipinski definition) is 2. The van der Waals surface area contributed by atoms with Gasteiger partial charge < -0.3 is 10.1 Å². The van der Waals surface area contributed by atoms with E-state index in [-0.39, 0.29) is 22.9 Å². The molecular weight excluding hydrogens is 292 g/mol. The Kier molecular flexibility index (Phi) is 3.51. The Morgan fingerprint density at radius 1 is 1.43 bits per heavy atom. The van der Waals surface area contributed by atoms with Crippen LogP contribution in [0.15, 0.2) is 23.1 Å². The number of aryl methyl sites for hydroxylation is 1. The highest BCUT2D eigenvalue weighted by Crippen LogP contribution is 2.38. The van der Waals surface area contributed by atoms with Crippen LogP contribution in [0.4, 0.5) is 0 Å². The van der Waals surface area contributed by atoms with Crippen LogP contribution >= 0.6 is 0 Å². The SMILES string of the molecule is Cc1ccc(S(N)(=O)=O)cc1C(=O)N[C@@H]1C[C@H]2OCC[C@@H]12. The Labute approximate surface area is 123 Å². The smallest absolute Gasteiger partial charge is 0.251 e. The van der Waals surface area contributed by atoms with Gasteiger partial charge in [-0.1, -0.05) is 6.07 Å². The summed E-state index contributed by atoms with van der Waals surface area (Å²) in [6.07, 6.45) is 2.06. The van der Waals surface area contributed by atoms with Crippen LogP contribution in [0.2, 0.25) is 0 Å². The first kappa shape index (κ1) is 14.5. The number of nitrogens with two attached hydrogens (primary N) is 1. The number of rotatable bonds is 3. The van der Waals surface area contributed by atoms with Crippen molar-refractivity contribution in [1.82, 2.24) is 5.32 Å². The van der Waals surface area contributed by atoms with E-state index in [0.29, 0.717) is 11.5 Å². The van der Waals surface area contributed by atoms with E-state index in [1.165, 1.54) is 12.1 Å². The van der Waals surface area contributed by atoms with Gasteiger partial charge >= 0.3 is 0 Å². The number of benzene rings is 1. The Bertz CT molecular complexity index is 686. The van der Waals surface area contributed by atoms with Crippen molar-refractivity contribution in [2.45, 2.75) is 36.8 Å². The molecule has 0 aromatic heterocycles. The third kappa shape index (κ3) is 2.68. The Hall–Kier alpha value is -1.44. The fraction of sp³-hybridized carbons (Fsp3) is 0.500. The van der Waals surface area contributed by atoms with Crippen LogP contribution in [0, 0.1) is 12.8 Å². The lowest BCUT2D eigenvalue weighted by Gasteiger charge is -2.39. The molecule has 114 valence electrons. The third-order valence-electron chi connectivity index (χ3n) is 4.36. The number of primary sulfonamides is 1. The van der Waals surface area contributed by atoms with Crippen LogP contribution in [0.5, 0.6) is 0 Å². The number of carbonyl (C=O) groups is 1. The minimum atomic E-state index is -3.81. The molecule has 0 bridgehead atoms. The minimum absolute atomic E-state index is 0.0473. The quantitative estimate of drug-likeness (QED) is 0.851. The second-order valence-electron chi connectivity index (χ2n) is 5.70. The molecule has 1 aliphatic carbocycles. The summed E-state index contributed by atoms with van der Waals surface area (Å²) in [5.74, 6) is 0.129. The fourth-order valence-corrected chi connectivity index (χ4v) is 3.57. The van der Waals surface area contributed by atoms with Crippen molar-refractivity contribution in [3.8, 4) is 0 Å². The summed E-state index contributed by atoms with van der Waals surface area (Å²) in [7, 11) is -3.81. The molecule has 1 heterocycles. The predicted molar refractivity (Wildman–Crippen MR) is 76.3 cm³/mol. The van der Waals surface area contributed by atoms with Gasteiger partial charge in [0.1, 0.15) is 0 Å². The molecule has 2 fully saturated rings. The lowest BCUT2D eigenvalue weighted by Crippen LogP contribution is -2.53. The molecule has 21 heavy (non-hydrogen) atoms. The lowest BCUT2D eigenvalue weighted by atomic mass is 9.76. The average Bonchev–Trinajstić information content (AvgIpc) is 2.76. The first-order valence-corrected chi connectivity index (χ1v) is 8.47. The highest BCUT2D eigenvalue weighted by Gasteiger charge is 2.45. The van der Waals surface area contributed by atoms with Crippen molar-refractivity contribution in [2.75, 3.05) is 6.61 Å². The maximum Gasteiger partial charge on any atom is 0.251 e. The first-order valence-electron chi connectivity index (χ1n) is 6.92. The number of fused-ring (bicyclic) bond motifs is 1. The van der Waals surface area contributed by atoms with Crippen molar-refractivity contribution in [1.29, 1.82) is 0 Å². The van der Waals surface area contributed by atoms with E-state index in [4.69, 9.17) is 9.88 Å². The molecule has 2 aliphatic rings. The van der Waals surface area contributed by atoms with Crippen LogP contribution in [0.25, 0.3) is 0 Å². The zero-order valence-corrected chi connectivity index (χ0v) is 12.5.